The van der Waals surface area contributed by atoms with Crippen molar-refractivity contribution in [1.29, 1.82) is 0 Å². The average Bonchev–Trinajstić information content (AvgIpc) is 2.74. The van der Waals surface area contributed by atoms with Crippen molar-refractivity contribution in [3.63, 3.8) is 0 Å². The van der Waals surface area contributed by atoms with Crippen molar-refractivity contribution in [2.75, 3.05) is 10.5 Å². The zero-order valence-electron chi connectivity index (χ0n) is 19.1. The van der Waals surface area contributed by atoms with Crippen molar-refractivity contribution in [3.8, 4) is 0 Å². The van der Waals surface area contributed by atoms with Crippen molar-refractivity contribution in [2.45, 2.75) is 33.6 Å². The molecule has 0 unspecified atom stereocenters. The summed E-state index contributed by atoms with van der Waals surface area (Å²) in [6, 6.07) is 3.87. The highest BCUT2D eigenvalue weighted by molar-refractivity contribution is 8.00. The molecule has 0 aliphatic carbocycles. The van der Waals surface area contributed by atoms with E-state index in [9.17, 15) is 13.6 Å². The summed E-state index contributed by atoms with van der Waals surface area (Å²) in [5.74, 6) is -2.95. The van der Waals surface area contributed by atoms with Crippen LogP contribution < -0.4 is 10.5 Å². The molecule has 1 aromatic carbocycles. The fourth-order valence-corrected chi connectivity index (χ4v) is 3.64. The van der Waals surface area contributed by atoms with Crippen LogP contribution in [0.3, 0.4) is 0 Å². The first-order valence-corrected chi connectivity index (χ1v) is 11.5. The van der Waals surface area contributed by atoms with Crippen molar-refractivity contribution < 1.29 is 18.0 Å². The number of hydrogen-bond acceptors (Lipinski definition) is 4. The average molecular weight is 479 g/mol. The number of allylic oxidation sites excluding steroid dienone is 3. The first-order chi connectivity index (χ1) is 15.7. The van der Waals surface area contributed by atoms with Crippen molar-refractivity contribution in [2.24, 2.45) is 12.8 Å². The summed E-state index contributed by atoms with van der Waals surface area (Å²) >= 11 is 1.27. The van der Waals surface area contributed by atoms with Gasteiger partial charge in [-0.15, -0.1) is 0 Å². The van der Waals surface area contributed by atoms with Gasteiger partial charge in [-0.2, -0.15) is 4.39 Å². The molecule has 1 heterocycles. The molecule has 0 fully saturated rings. The molecule has 0 atom stereocenters. The van der Waals surface area contributed by atoms with Crippen LogP contribution in [0, 0.1) is 18.6 Å². The number of benzene rings is 1. The van der Waals surface area contributed by atoms with Gasteiger partial charge in [0.15, 0.2) is 11.8 Å². The molecule has 4 N–H and O–H groups in total. The highest BCUT2D eigenvalue weighted by Crippen LogP contribution is 2.27. The molecule has 2 rings (SSSR count). The predicted octanol–water partition coefficient (Wildman–Crippen LogP) is 6.33. The van der Waals surface area contributed by atoms with Crippen molar-refractivity contribution in [3.05, 3.63) is 82.6 Å². The minimum absolute atomic E-state index is 0.0251. The summed E-state index contributed by atoms with van der Waals surface area (Å²) in [6.07, 6.45) is 7.79. The number of nitrogens with two attached hydrogens (primary N) is 1. The van der Waals surface area contributed by atoms with Crippen LogP contribution in [-0.4, -0.2) is 21.3 Å². The molecule has 0 spiro atoms. The quantitative estimate of drug-likeness (QED) is 0.129. The third-order valence-corrected chi connectivity index (χ3v) is 5.66. The van der Waals surface area contributed by atoms with Crippen LogP contribution in [0.15, 0.2) is 48.7 Å². The number of aromatic nitrogens is 2. The summed E-state index contributed by atoms with van der Waals surface area (Å²) in [5.41, 5.74) is 5.73. The Morgan fingerprint density at radius 2 is 2.03 bits per heavy atom. The maximum absolute atomic E-state index is 15.1. The van der Waals surface area contributed by atoms with Gasteiger partial charge in [-0.1, -0.05) is 37.9 Å². The number of rotatable bonds is 9. The van der Waals surface area contributed by atoms with Gasteiger partial charge >= 0.3 is 0 Å². The van der Waals surface area contributed by atoms with Gasteiger partial charge in [0.05, 0.1) is 11.3 Å². The summed E-state index contributed by atoms with van der Waals surface area (Å²) in [5, 5.41) is 2.85. The van der Waals surface area contributed by atoms with E-state index in [-0.39, 0.29) is 16.8 Å². The van der Waals surface area contributed by atoms with Gasteiger partial charge in [-0.3, -0.25) is 9.48 Å². The number of hydrogen-bond donors (Lipinski definition) is 3. The Hall–Kier alpha value is -3.07. The smallest absolute Gasteiger partial charge is 0.200 e. The fourth-order valence-electron chi connectivity index (χ4n) is 3.02. The summed E-state index contributed by atoms with van der Waals surface area (Å²) in [7, 11) is 1.64. The van der Waals surface area contributed by atoms with Gasteiger partial charge in [0.2, 0.25) is 5.78 Å². The Balaban J connectivity index is 2.65. The number of H-pyrrole nitrogens is 1. The molecule has 0 aliphatic heterocycles. The minimum atomic E-state index is -0.970. The van der Waals surface area contributed by atoms with E-state index in [0.29, 0.717) is 17.5 Å². The predicted molar refractivity (Wildman–Crippen MR) is 130 cm³/mol. The fraction of sp³-hybridized carbons (Fsp3) is 0.292. The van der Waals surface area contributed by atoms with Gasteiger partial charge in [0, 0.05) is 41.9 Å². The van der Waals surface area contributed by atoms with Gasteiger partial charge < -0.3 is 15.6 Å². The summed E-state index contributed by atoms with van der Waals surface area (Å²) in [4.78, 5) is 13.3. The number of nitrogens with one attached hydrogen (secondary N) is 2. The van der Waals surface area contributed by atoms with Gasteiger partial charge in [0.1, 0.15) is 5.82 Å². The van der Waals surface area contributed by atoms with Crippen molar-refractivity contribution in [1.82, 2.24) is 9.78 Å². The van der Waals surface area contributed by atoms with Crippen LogP contribution in [-0.2, 0) is 7.05 Å². The molecular weight excluding hydrogens is 449 g/mol. The van der Waals surface area contributed by atoms with E-state index in [1.54, 1.807) is 38.4 Å². The molecule has 0 bridgehead atoms. The molecule has 9 heteroatoms. The van der Waals surface area contributed by atoms with Crippen LogP contribution in [0.2, 0.25) is 0 Å². The van der Waals surface area contributed by atoms with E-state index in [0.717, 1.165) is 18.2 Å². The number of nitrogens with zero attached hydrogens (tertiary/aromatic N) is 1. The van der Waals surface area contributed by atoms with E-state index in [2.05, 4.69) is 9.82 Å². The van der Waals surface area contributed by atoms with Gasteiger partial charge in [-0.05, 0) is 43.5 Å². The lowest BCUT2D eigenvalue weighted by Crippen LogP contribution is -2.12. The molecule has 1 aromatic heterocycles. The van der Waals surface area contributed by atoms with E-state index in [1.165, 1.54) is 28.9 Å². The third kappa shape index (κ3) is 6.71. The lowest BCUT2D eigenvalue weighted by Gasteiger charge is -2.12. The Bertz CT molecular complexity index is 1110. The van der Waals surface area contributed by atoms with E-state index >= 15 is 4.39 Å². The molecule has 0 aliphatic rings. The van der Waals surface area contributed by atoms with Gasteiger partial charge in [0.25, 0.3) is 0 Å². The molecule has 178 valence electrons. The molecule has 0 radical (unpaired) electrons. The maximum Gasteiger partial charge on any atom is 0.200 e. The highest BCUT2D eigenvalue weighted by atomic mass is 32.2. The molecule has 0 saturated carbocycles. The van der Waals surface area contributed by atoms with Crippen LogP contribution in [0.25, 0.3) is 5.57 Å². The normalized spacial score (nSPS) is 12.0. The Morgan fingerprint density at radius 1 is 1.30 bits per heavy atom. The van der Waals surface area contributed by atoms with Crippen LogP contribution in [0.1, 0.15) is 53.7 Å². The molecule has 33 heavy (non-hydrogen) atoms. The van der Waals surface area contributed by atoms with E-state index in [4.69, 9.17) is 5.73 Å². The summed E-state index contributed by atoms with van der Waals surface area (Å²) in [6.45, 7) is 5.48. The maximum atomic E-state index is 15.1. The lowest BCUT2D eigenvalue weighted by molar-refractivity contribution is 0.103. The van der Waals surface area contributed by atoms with Gasteiger partial charge in [-0.25, -0.2) is 8.78 Å². The minimum Gasteiger partial charge on any atom is -0.375 e. The molecule has 0 saturated heterocycles. The molecule has 5 nitrogen and oxygen atoms in total. The van der Waals surface area contributed by atoms with Crippen LogP contribution in [0.4, 0.5) is 18.9 Å². The number of ketones is 1. The number of halogens is 3. The number of carbonyl (C=O) groups excluding carboxylic acids is 1. The van der Waals surface area contributed by atoms with Crippen molar-refractivity contribution >= 4 is 29.0 Å². The SMILES string of the molecule is CC/C=C\C(=C(/N)F)c1cc(C)c(C(=O)c2c(F)ccc(NSCCC)c2F)c[nH]n(C)c1. The molecule has 0 amide bonds. The second kappa shape index (κ2) is 12.2. The second-order valence-electron chi connectivity index (χ2n) is 7.35. The topological polar surface area (TPSA) is 75.8 Å². The zero-order valence-corrected chi connectivity index (χ0v) is 20.0. The lowest BCUT2D eigenvalue weighted by atomic mass is 9.98. The Morgan fingerprint density at radius 3 is 2.67 bits per heavy atom. The Kier molecular flexibility index (Phi) is 9.72. The second-order valence-corrected chi connectivity index (χ2v) is 8.25. The Labute approximate surface area is 196 Å². The van der Waals surface area contributed by atoms with E-state index < -0.39 is 28.9 Å². The first kappa shape index (κ1) is 26.2. The number of carbonyl (C=O) groups is 1. The zero-order chi connectivity index (χ0) is 24.5. The largest absolute Gasteiger partial charge is 0.375 e. The third-order valence-electron chi connectivity index (χ3n) is 4.68. The highest BCUT2D eigenvalue weighted by Gasteiger charge is 2.23. The molecular formula is C24H29F3N4OS. The number of aryl methyl sites for hydroxylation is 2. The van der Waals surface area contributed by atoms with Crippen LogP contribution in [0.5, 0.6) is 0 Å². The first-order valence-electron chi connectivity index (χ1n) is 10.5. The monoisotopic (exact) mass is 478 g/mol. The number of anilines is 1. The molecule has 2 aromatic rings. The van der Waals surface area contributed by atoms with E-state index in [1.807, 2.05) is 13.8 Å². The number of aromatic amines is 1. The van der Waals surface area contributed by atoms with Crippen LogP contribution >= 0.6 is 11.9 Å². The summed E-state index contributed by atoms with van der Waals surface area (Å²) < 4.78 is 48.1. The standard InChI is InChI=1S/C24H29F3N4OS/c1-5-7-8-17(24(27)28)16-12-15(3)18(13-29-31(4)14-16)23(32)21-19(25)9-10-20(22(21)26)30-33-11-6-2/h7-10,12-14,29-30H,5-6,11,28H2,1-4H3/b8-7-,15-12?,16-14?,18-13?,24-17+.